The van der Waals surface area contributed by atoms with Crippen LogP contribution in [-0.2, 0) is 11.3 Å². The Hall–Kier alpha value is -3.12. The SMILES string of the molecule is COC(=O)c1ccc(Nc2cc(NCc3ccccc3Cl)nc(C)n2)cc1. The van der Waals surface area contributed by atoms with Gasteiger partial charge in [0.15, 0.2) is 0 Å². The first-order valence-corrected chi connectivity index (χ1v) is 8.71. The molecule has 27 heavy (non-hydrogen) atoms. The van der Waals surface area contributed by atoms with E-state index in [2.05, 4.69) is 20.6 Å². The first kappa shape index (κ1) is 18.7. The van der Waals surface area contributed by atoms with Crippen LogP contribution in [0.15, 0.2) is 54.6 Å². The van der Waals surface area contributed by atoms with E-state index in [1.165, 1.54) is 7.11 Å². The fourth-order valence-corrected chi connectivity index (χ4v) is 2.71. The summed E-state index contributed by atoms with van der Waals surface area (Å²) < 4.78 is 4.70. The Morgan fingerprint density at radius 2 is 1.78 bits per heavy atom. The van der Waals surface area contributed by atoms with E-state index in [-0.39, 0.29) is 5.97 Å². The van der Waals surface area contributed by atoms with Gasteiger partial charge in [-0.1, -0.05) is 29.8 Å². The van der Waals surface area contributed by atoms with Gasteiger partial charge in [0, 0.05) is 23.3 Å². The number of rotatable bonds is 6. The van der Waals surface area contributed by atoms with Crippen molar-refractivity contribution in [2.45, 2.75) is 13.5 Å². The van der Waals surface area contributed by atoms with Gasteiger partial charge in [0.05, 0.1) is 12.7 Å². The van der Waals surface area contributed by atoms with Crippen LogP contribution >= 0.6 is 11.6 Å². The molecule has 1 heterocycles. The van der Waals surface area contributed by atoms with Crippen LogP contribution in [-0.4, -0.2) is 23.0 Å². The fraction of sp³-hybridized carbons (Fsp3) is 0.150. The summed E-state index contributed by atoms with van der Waals surface area (Å²) in [5.74, 6) is 1.60. The molecule has 1 aromatic heterocycles. The summed E-state index contributed by atoms with van der Waals surface area (Å²) in [5.41, 5.74) is 2.28. The van der Waals surface area contributed by atoms with Crippen LogP contribution in [0.2, 0.25) is 5.02 Å². The smallest absolute Gasteiger partial charge is 0.337 e. The number of carbonyl (C=O) groups excluding carboxylic acids is 1. The minimum atomic E-state index is -0.370. The van der Waals surface area contributed by atoms with Crippen molar-refractivity contribution in [2.24, 2.45) is 0 Å². The average Bonchev–Trinajstić information content (AvgIpc) is 2.67. The number of ether oxygens (including phenoxy) is 1. The van der Waals surface area contributed by atoms with Gasteiger partial charge in [0.1, 0.15) is 17.5 Å². The van der Waals surface area contributed by atoms with Gasteiger partial charge in [-0.15, -0.1) is 0 Å². The van der Waals surface area contributed by atoms with Gasteiger partial charge in [-0.05, 0) is 42.8 Å². The molecule has 0 aliphatic carbocycles. The van der Waals surface area contributed by atoms with E-state index in [1.54, 1.807) is 24.3 Å². The van der Waals surface area contributed by atoms with Crippen LogP contribution in [0.3, 0.4) is 0 Å². The molecule has 138 valence electrons. The van der Waals surface area contributed by atoms with Crippen LogP contribution in [0.5, 0.6) is 0 Å². The lowest BCUT2D eigenvalue weighted by molar-refractivity contribution is 0.0601. The highest BCUT2D eigenvalue weighted by atomic mass is 35.5. The summed E-state index contributed by atoms with van der Waals surface area (Å²) in [6.07, 6.45) is 0. The molecule has 0 aliphatic rings. The minimum absolute atomic E-state index is 0.370. The number of nitrogens with one attached hydrogen (secondary N) is 2. The predicted octanol–water partition coefficient (Wildman–Crippen LogP) is 4.58. The molecule has 0 radical (unpaired) electrons. The first-order valence-electron chi connectivity index (χ1n) is 8.33. The number of aryl methyl sites for hydroxylation is 1. The number of aromatic nitrogens is 2. The summed E-state index contributed by atoms with van der Waals surface area (Å²) in [7, 11) is 1.36. The van der Waals surface area contributed by atoms with Crippen molar-refractivity contribution in [1.82, 2.24) is 9.97 Å². The third kappa shape index (κ3) is 4.95. The second kappa shape index (κ2) is 8.51. The van der Waals surface area contributed by atoms with Gasteiger partial charge < -0.3 is 15.4 Å². The van der Waals surface area contributed by atoms with Crippen molar-refractivity contribution < 1.29 is 9.53 Å². The molecule has 2 N–H and O–H groups in total. The molecule has 0 aliphatic heterocycles. The van der Waals surface area contributed by atoms with Crippen LogP contribution in [0.1, 0.15) is 21.7 Å². The maximum Gasteiger partial charge on any atom is 0.337 e. The van der Waals surface area contributed by atoms with E-state index in [0.29, 0.717) is 34.6 Å². The molecule has 0 saturated carbocycles. The van der Waals surface area contributed by atoms with E-state index in [4.69, 9.17) is 16.3 Å². The number of methoxy groups -OCH3 is 1. The highest BCUT2D eigenvalue weighted by Gasteiger charge is 2.07. The molecular formula is C20H19ClN4O2. The third-order valence-corrected chi connectivity index (χ3v) is 4.20. The second-order valence-electron chi connectivity index (χ2n) is 5.82. The maximum absolute atomic E-state index is 11.5. The molecule has 0 unspecified atom stereocenters. The molecule has 3 rings (SSSR count). The van der Waals surface area contributed by atoms with Crippen molar-refractivity contribution in [3.05, 3.63) is 76.6 Å². The Balaban J connectivity index is 1.71. The molecule has 0 fully saturated rings. The normalized spacial score (nSPS) is 10.3. The molecule has 6 nitrogen and oxygen atoms in total. The Labute approximate surface area is 162 Å². The Morgan fingerprint density at radius 3 is 2.48 bits per heavy atom. The van der Waals surface area contributed by atoms with Crippen LogP contribution in [0.4, 0.5) is 17.3 Å². The third-order valence-electron chi connectivity index (χ3n) is 3.83. The van der Waals surface area contributed by atoms with E-state index >= 15 is 0 Å². The number of esters is 1. The van der Waals surface area contributed by atoms with E-state index in [9.17, 15) is 4.79 Å². The Bertz CT molecular complexity index is 945. The molecule has 0 saturated heterocycles. The zero-order valence-corrected chi connectivity index (χ0v) is 15.7. The quantitative estimate of drug-likeness (QED) is 0.608. The molecule has 0 atom stereocenters. The number of hydrogen-bond acceptors (Lipinski definition) is 6. The van der Waals surface area contributed by atoms with Crippen LogP contribution < -0.4 is 10.6 Å². The minimum Gasteiger partial charge on any atom is -0.465 e. The summed E-state index contributed by atoms with van der Waals surface area (Å²) in [6, 6.07) is 16.4. The topological polar surface area (TPSA) is 76.1 Å². The van der Waals surface area contributed by atoms with Gasteiger partial charge in [-0.2, -0.15) is 0 Å². The van der Waals surface area contributed by atoms with Gasteiger partial charge in [-0.3, -0.25) is 0 Å². The number of hydrogen-bond donors (Lipinski definition) is 2. The molecule has 0 amide bonds. The lowest BCUT2D eigenvalue weighted by atomic mass is 10.2. The summed E-state index contributed by atoms with van der Waals surface area (Å²) in [5, 5.41) is 7.18. The van der Waals surface area contributed by atoms with Crippen molar-refractivity contribution in [1.29, 1.82) is 0 Å². The highest BCUT2D eigenvalue weighted by molar-refractivity contribution is 6.31. The molecule has 2 aromatic carbocycles. The van der Waals surface area contributed by atoms with E-state index in [1.807, 2.05) is 37.3 Å². The summed E-state index contributed by atoms with van der Waals surface area (Å²) in [4.78, 5) is 20.3. The molecule has 0 spiro atoms. The van der Waals surface area contributed by atoms with Crippen molar-refractivity contribution in [3.63, 3.8) is 0 Å². The number of carbonyl (C=O) groups is 1. The lowest BCUT2D eigenvalue weighted by Gasteiger charge is -2.11. The number of benzene rings is 2. The molecule has 7 heteroatoms. The predicted molar refractivity (Wildman–Crippen MR) is 107 cm³/mol. The van der Waals surface area contributed by atoms with Crippen LogP contribution in [0.25, 0.3) is 0 Å². The first-order chi connectivity index (χ1) is 13.0. The zero-order valence-electron chi connectivity index (χ0n) is 15.0. The van der Waals surface area contributed by atoms with Gasteiger partial charge in [-0.25, -0.2) is 14.8 Å². The molecule has 3 aromatic rings. The van der Waals surface area contributed by atoms with Crippen molar-refractivity contribution in [2.75, 3.05) is 17.7 Å². The van der Waals surface area contributed by atoms with Gasteiger partial charge >= 0.3 is 5.97 Å². The van der Waals surface area contributed by atoms with Crippen molar-refractivity contribution in [3.8, 4) is 0 Å². The maximum atomic E-state index is 11.5. The number of halogens is 1. The summed E-state index contributed by atoms with van der Waals surface area (Å²) >= 11 is 6.19. The highest BCUT2D eigenvalue weighted by Crippen LogP contribution is 2.20. The Morgan fingerprint density at radius 1 is 1.07 bits per heavy atom. The lowest BCUT2D eigenvalue weighted by Crippen LogP contribution is -2.05. The number of anilines is 3. The monoisotopic (exact) mass is 382 g/mol. The Kier molecular flexibility index (Phi) is 5.88. The zero-order chi connectivity index (χ0) is 19.2. The fourth-order valence-electron chi connectivity index (χ4n) is 2.51. The van der Waals surface area contributed by atoms with Crippen molar-refractivity contribution >= 4 is 34.9 Å². The molecular weight excluding hydrogens is 364 g/mol. The van der Waals surface area contributed by atoms with Gasteiger partial charge in [0.25, 0.3) is 0 Å². The van der Waals surface area contributed by atoms with E-state index < -0.39 is 0 Å². The number of nitrogens with zero attached hydrogens (tertiary/aromatic N) is 2. The largest absolute Gasteiger partial charge is 0.465 e. The van der Waals surface area contributed by atoms with Gasteiger partial charge in [0.2, 0.25) is 0 Å². The average molecular weight is 383 g/mol. The standard InChI is InChI=1S/C20H19ClN4O2/c1-13-23-18(22-12-15-5-3-4-6-17(15)21)11-19(24-13)25-16-9-7-14(8-10-16)20(26)27-2/h3-11H,12H2,1-2H3,(H2,22,23,24,25). The molecule has 0 bridgehead atoms. The van der Waals surface area contributed by atoms with E-state index in [0.717, 1.165) is 11.3 Å². The second-order valence-corrected chi connectivity index (χ2v) is 6.23. The summed E-state index contributed by atoms with van der Waals surface area (Å²) in [6.45, 7) is 2.38. The van der Waals surface area contributed by atoms with Crippen LogP contribution in [0, 0.1) is 6.92 Å².